The van der Waals surface area contributed by atoms with Gasteiger partial charge in [-0.2, -0.15) is 0 Å². The van der Waals surface area contributed by atoms with Crippen LogP contribution in [0.1, 0.15) is 28.8 Å². The van der Waals surface area contributed by atoms with Crippen LogP contribution in [0.25, 0.3) is 0 Å². The molecule has 100 valence electrons. The molecule has 1 aromatic rings. The van der Waals surface area contributed by atoms with Gasteiger partial charge in [-0.1, -0.05) is 6.92 Å². The molecule has 0 aromatic carbocycles. The van der Waals surface area contributed by atoms with Crippen LogP contribution < -0.4 is 10.6 Å². The zero-order chi connectivity index (χ0) is 13.4. The number of carboxylic acids is 1. The molecule has 0 aliphatic rings. The van der Waals surface area contributed by atoms with E-state index in [1.807, 2.05) is 6.92 Å². The van der Waals surface area contributed by atoms with E-state index in [2.05, 4.69) is 15.6 Å². The molecule has 0 saturated carbocycles. The van der Waals surface area contributed by atoms with E-state index in [9.17, 15) is 9.59 Å². The van der Waals surface area contributed by atoms with E-state index in [0.29, 0.717) is 25.9 Å². The Labute approximate surface area is 109 Å². The fourth-order valence-corrected chi connectivity index (χ4v) is 2.07. The Hall–Kier alpha value is -1.47. The van der Waals surface area contributed by atoms with Crippen LogP contribution >= 0.6 is 11.3 Å². The number of amides is 1. The number of carbonyl (C=O) groups excluding carboxylic acids is 1. The monoisotopic (exact) mass is 271 g/mol. The summed E-state index contributed by atoms with van der Waals surface area (Å²) in [5, 5.41) is 16.8. The van der Waals surface area contributed by atoms with Crippen LogP contribution in [0.4, 0.5) is 0 Å². The van der Waals surface area contributed by atoms with Gasteiger partial charge in [-0.25, -0.2) is 9.78 Å². The fraction of sp³-hybridized carbons (Fsp3) is 0.545. The lowest BCUT2D eigenvalue weighted by Crippen LogP contribution is -2.29. The Bertz CT molecular complexity index is 406. The van der Waals surface area contributed by atoms with Crippen LogP contribution in [-0.2, 0) is 11.2 Å². The standard InChI is InChI=1S/C11H17N3O3S/c1-2-12-5-3-9(15)13-6-4-10-14-8(7-18-10)11(16)17/h7,12H,2-6H2,1H3,(H,13,15)(H,16,17). The molecule has 0 aliphatic heterocycles. The molecule has 0 aliphatic carbocycles. The number of rotatable bonds is 8. The van der Waals surface area contributed by atoms with Gasteiger partial charge in [0.25, 0.3) is 0 Å². The van der Waals surface area contributed by atoms with E-state index in [4.69, 9.17) is 5.11 Å². The van der Waals surface area contributed by atoms with E-state index < -0.39 is 5.97 Å². The number of aromatic nitrogens is 1. The molecule has 6 nitrogen and oxygen atoms in total. The zero-order valence-corrected chi connectivity index (χ0v) is 11.0. The molecule has 1 amide bonds. The first-order valence-corrected chi connectivity index (χ1v) is 6.66. The fourth-order valence-electron chi connectivity index (χ4n) is 1.30. The maximum absolute atomic E-state index is 11.4. The molecule has 1 heterocycles. The summed E-state index contributed by atoms with van der Waals surface area (Å²) in [6.07, 6.45) is 1.01. The molecule has 0 atom stereocenters. The Balaban J connectivity index is 2.20. The topological polar surface area (TPSA) is 91.3 Å². The van der Waals surface area contributed by atoms with Crippen molar-refractivity contribution in [3.05, 3.63) is 16.1 Å². The zero-order valence-electron chi connectivity index (χ0n) is 10.2. The van der Waals surface area contributed by atoms with Crippen molar-refractivity contribution in [1.82, 2.24) is 15.6 Å². The van der Waals surface area contributed by atoms with E-state index >= 15 is 0 Å². The molecule has 18 heavy (non-hydrogen) atoms. The van der Waals surface area contributed by atoms with E-state index in [0.717, 1.165) is 11.6 Å². The number of thiazole rings is 1. The molecule has 0 fully saturated rings. The Morgan fingerprint density at radius 2 is 2.22 bits per heavy atom. The maximum Gasteiger partial charge on any atom is 0.355 e. The highest BCUT2D eigenvalue weighted by atomic mass is 32.1. The van der Waals surface area contributed by atoms with Crippen LogP contribution in [0.2, 0.25) is 0 Å². The number of aromatic carboxylic acids is 1. The molecule has 0 radical (unpaired) electrons. The minimum atomic E-state index is -1.02. The predicted octanol–water partition coefficient (Wildman–Crippen LogP) is 0.500. The second-order valence-corrected chi connectivity index (χ2v) is 4.58. The summed E-state index contributed by atoms with van der Waals surface area (Å²) in [5.74, 6) is -1.03. The SMILES string of the molecule is CCNCCC(=O)NCCc1nc(C(=O)O)cs1. The third kappa shape index (κ3) is 5.24. The van der Waals surface area contributed by atoms with Gasteiger partial charge in [0.1, 0.15) is 0 Å². The van der Waals surface area contributed by atoms with E-state index in [-0.39, 0.29) is 11.6 Å². The minimum Gasteiger partial charge on any atom is -0.476 e. The molecule has 0 bridgehead atoms. The highest BCUT2D eigenvalue weighted by Crippen LogP contribution is 2.09. The van der Waals surface area contributed by atoms with Gasteiger partial charge in [-0.3, -0.25) is 4.79 Å². The quantitative estimate of drug-likeness (QED) is 0.599. The molecular formula is C11H17N3O3S. The second kappa shape index (κ2) is 7.78. The first-order chi connectivity index (χ1) is 8.63. The van der Waals surface area contributed by atoms with Crippen LogP contribution in [0.3, 0.4) is 0 Å². The molecule has 1 aromatic heterocycles. The number of carboxylic acid groups (broad SMARTS) is 1. The summed E-state index contributed by atoms with van der Waals surface area (Å²) in [4.78, 5) is 25.9. The van der Waals surface area contributed by atoms with Gasteiger partial charge in [-0.15, -0.1) is 11.3 Å². The number of hydrogen-bond donors (Lipinski definition) is 3. The third-order valence-electron chi connectivity index (χ3n) is 2.21. The van der Waals surface area contributed by atoms with Gasteiger partial charge in [0, 0.05) is 31.3 Å². The van der Waals surface area contributed by atoms with Crippen LogP contribution in [0, 0.1) is 0 Å². The van der Waals surface area contributed by atoms with Gasteiger partial charge in [0.2, 0.25) is 5.91 Å². The summed E-state index contributed by atoms with van der Waals surface area (Å²) in [6.45, 7) is 3.99. The van der Waals surface area contributed by atoms with E-state index in [1.54, 1.807) is 0 Å². The van der Waals surface area contributed by atoms with Gasteiger partial charge in [0.15, 0.2) is 5.69 Å². The van der Waals surface area contributed by atoms with Crippen molar-refractivity contribution in [1.29, 1.82) is 0 Å². The largest absolute Gasteiger partial charge is 0.476 e. The van der Waals surface area contributed by atoms with E-state index in [1.165, 1.54) is 16.7 Å². The summed E-state index contributed by atoms with van der Waals surface area (Å²) >= 11 is 1.30. The summed E-state index contributed by atoms with van der Waals surface area (Å²) in [5.41, 5.74) is 0.0634. The highest BCUT2D eigenvalue weighted by Gasteiger charge is 2.08. The number of nitrogens with one attached hydrogen (secondary N) is 2. The van der Waals surface area contributed by atoms with Crippen LogP contribution in [0.15, 0.2) is 5.38 Å². The van der Waals surface area contributed by atoms with Gasteiger partial charge >= 0.3 is 5.97 Å². The molecule has 0 unspecified atom stereocenters. The third-order valence-corrected chi connectivity index (χ3v) is 3.12. The lowest BCUT2D eigenvalue weighted by atomic mass is 10.3. The van der Waals surface area contributed by atoms with Crippen molar-refractivity contribution in [2.45, 2.75) is 19.8 Å². The molecular weight excluding hydrogens is 254 g/mol. The predicted molar refractivity (Wildman–Crippen MR) is 68.9 cm³/mol. The average Bonchev–Trinajstić information content (AvgIpc) is 2.78. The van der Waals surface area contributed by atoms with Gasteiger partial charge in [-0.05, 0) is 6.54 Å². The normalized spacial score (nSPS) is 10.3. The Kier molecular flexibility index (Phi) is 6.31. The van der Waals surface area contributed by atoms with Gasteiger partial charge in [0.05, 0.1) is 5.01 Å². The number of carbonyl (C=O) groups is 2. The smallest absolute Gasteiger partial charge is 0.355 e. The summed E-state index contributed by atoms with van der Waals surface area (Å²) < 4.78 is 0. The summed E-state index contributed by atoms with van der Waals surface area (Å²) in [6, 6.07) is 0. The molecule has 3 N–H and O–H groups in total. The number of nitrogens with zero attached hydrogens (tertiary/aromatic N) is 1. The maximum atomic E-state index is 11.4. The van der Waals surface area contributed by atoms with Crippen LogP contribution in [0.5, 0.6) is 0 Å². The first kappa shape index (κ1) is 14.6. The lowest BCUT2D eigenvalue weighted by Gasteiger charge is -2.03. The van der Waals surface area contributed by atoms with Crippen molar-refractivity contribution >= 4 is 23.2 Å². The average molecular weight is 271 g/mol. The minimum absolute atomic E-state index is 0.00837. The highest BCUT2D eigenvalue weighted by molar-refractivity contribution is 7.09. The molecule has 7 heteroatoms. The van der Waals surface area contributed by atoms with Crippen molar-refractivity contribution in [3.63, 3.8) is 0 Å². The Morgan fingerprint density at radius 1 is 1.44 bits per heavy atom. The van der Waals surface area contributed by atoms with Crippen molar-refractivity contribution in [2.75, 3.05) is 19.6 Å². The molecule has 0 saturated heterocycles. The second-order valence-electron chi connectivity index (χ2n) is 3.64. The Morgan fingerprint density at radius 3 is 2.83 bits per heavy atom. The number of hydrogen-bond acceptors (Lipinski definition) is 5. The molecule has 1 rings (SSSR count). The summed E-state index contributed by atoms with van der Waals surface area (Å²) in [7, 11) is 0. The van der Waals surface area contributed by atoms with Crippen molar-refractivity contribution in [3.8, 4) is 0 Å². The first-order valence-electron chi connectivity index (χ1n) is 5.78. The lowest BCUT2D eigenvalue weighted by molar-refractivity contribution is -0.120. The van der Waals surface area contributed by atoms with Gasteiger partial charge < -0.3 is 15.7 Å². The molecule has 0 spiro atoms. The van der Waals surface area contributed by atoms with Crippen LogP contribution in [-0.4, -0.2) is 41.6 Å². The van der Waals surface area contributed by atoms with Crippen molar-refractivity contribution in [2.24, 2.45) is 0 Å². The van der Waals surface area contributed by atoms with Crippen molar-refractivity contribution < 1.29 is 14.7 Å².